The van der Waals surface area contributed by atoms with Crippen molar-refractivity contribution < 1.29 is 13.2 Å². The molecule has 17 heavy (non-hydrogen) atoms. The summed E-state index contributed by atoms with van der Waals surface area (Å²) in [6.07, 6.45) is 2.34. The molecule has 0 aliphatic carbocycles. The minimum atomic E-state index is -3.25. The number of benzene rings is 1. The first-order chi connectivity index (χ1) is 8.11. The molecule has 0 amide bonds. The quantitative estimate of drug-likeness (QED) is 0.753. The van der Waals surface area contributed by atoms with Crippen LogP contribution in [-0.2, 0) is 9.84 Å². The Labute approximate surface area is 103 Å². The van der Waals surface area contributed by atoms with Crippen molar-refractivity contribution in [2.45, 2.75) is 24.2 Å². The second-order valence-corrected chi connectivity index (χ2v) is 5.90. The van der Waals surface area contributed by atoms with Crippen molar-refractivity contribution in [2.75, 3.05) is 19.4 Å². The number of unbranched alkanes of at least 4 members (excludes halogenated alkanes) is 2. The summed E-state index contributed by atoms with van der Waals surface area (Å²) in [6, 6.07) is 6.70. The molecule has 0 aliphatic heterocycles. The van der Waals surface area contributed by atoms with E-state index in [9.17, 15) is 8.42 Å². The molecule has 0 spiro atoms. The lowest BCUT2D eigenvalue weighted by Crippen LogP contribution is -2.09. The van der Waals surface area contributed by atoms with E-state index in [4.69, 9.17) is 10.5 Å². The molecule has 0 atom stereocenters. The van der Waals surface area contributed by atoms with Crippen molar-refractivity contribution in [3.8, 4) is 5.75 Å². The average molecular weight is 257 g/mol. The van der Waals surface area contributed by atoms with Gasteiger partial charge < -0.3 is 10.5 Å². The van der Waals surface area contributed by atoms with Gasteiger partial charge in [-0.25, -0.2) is 8.42 Å². The van der Waals surface area contributed by atoms with Crippen molar-refractivity contribution in [2.24, 2.45) is 5.73 Å². The van der Waals surface area contributed by atoms with Crippen LogP contribution in [0.3, 0.4) is 0 Å². The molecule has 0 radical (unpaired) electrons. The Morgan fingerprint density at radius 1 is 1.18 bits per heavy atom. The predicted molar refractivity (Wildman–Crippen MR) is 68.0 cm³/mol. The van der Waals surface area contributed by atoms with Gasteiger partial charge in [0.05, 0.1) is 12.9 Å². The molecule has 0 fully saturated rings. The lowest BCUT2D eigenvalue weighted by molar-refractivity contribution is 0.402. The van der Waals surface area contributed by atoms with E-state index >= 15 is 0 Å². The molecule has 4 nitrogen and oxygen atoms in total. The van der Waals surface area contributed by atoms with Crippen LogP contribution in [0.5, 0.6) is 5.75 Å². The number of nitrogens with two attached hydrogens (primary N) is 1. The molecule has 1 aromatic rings. The summed E-state index contributed by atoms with van der Waals surface area (Å²) in [6.45, 7) is 0.606. The van der Waals surface area contributed by atoms with Gasteiger partial charge in [-0.2, -0.15) is 0 Å². The van der Waals surface area contributed by atoms with Gasteiger partial charge in [0.25, 0.3) is 0 Å². The molecule has 1 rings (SSSR count). The molecule has 0 aromatic heterocycles. The molecule has 5 heteroatoms. The van der Waals surface area contributed by atoms with Gasteiger partial charge in [-0.15, -0.1) is 0 Å². The second kappa shape index (κ2) is 6.61. The Kier molecular flexibility index (Phi) is 5.44. The van der Waals surface area contributed by atoms with Crippen LogP contribution in [-0.4, -0.2) is 27.8 Å². The fourth-order valence-electron chi connectivity index (χ4n) is 1.60. The summed E-state index contributed by atoms with van der Waals surface area (Å²) in [5.41, 5.74) is 5.37. The molecule has 0 saturated carbocycles. The smallest absolute Gasteiger partial charge is 0.182 e. The minimum Gasteiger partial charge on any atom is -0.495 e. The van der Waals surface area contributed by atoms with Gasteiger partial charge >= 0.3 is 0 Å². The van der Waals surface area contributed by atoms with Crippen LogP contribution < -0.4 is 10.5 Å². The SMILES string of the molecule is COc1ccccc1S(=O)(=O)CCCCCN. The largest absolute Gasteiger partial charge is 0.495 e. The highest BCUT2D eigenvalue weighted by molar-refractivity contribution is 7.91. The zero-order valence-electron chi connectivity index (χ0n) is 10.1. The predicted octanol–water partition coefficient (Wildman–Crippen LogP) is 1.60. The zero-order chi connectivity index (χ0) is 12.7. The number of hydrogen-bond donors (Lipinski definition) is 1. The van der Waals surface area contributed by atoms with Gasteiger partial charge in [0.1, 0.15) is 10.6 Å². The van der Waals surface area contributed by atoms with Gasteiger partial charge in [-0.05, 0) is 31.5 Å². The van der Waals surface area contributed by atoms with Crippen LogP contribution >= 0.6 is 0 Å². The van der Waals surface area contributed by atoms with E-state index in [0.717, 1.165) is 12.8 Å². The maximum atomic E-state index is 12.1. The van der Waals surface area contributed by atoms with Crippen molar-refractivity contribution in [3.63, 3.8) is 0 Å². The van der Waals surface area contributed by atoms with E-state index in [-0.39, 0.29) is 10.6 Å². The normalized spacial score (nSPS) is 11.4. The van der Waals surface area contributed by atoms with Crippen LogP contribution in [0.1, 0.15) is 19.3 Å². The summed E-state index contributed by atoms with van der Waals surface area (Å²) in [7, 11) is -1.77. The van der Waals surface area contributed by atoms with Crippen molar-refractivity contribution in [1.82, 2.24) is 0 Å². The summed E-state index contributed by atoms with van der Waals surface area (Å²) in [5.74, 6) is 0.555. The third-order valence-electron chi connectivity index (χ3n) is 2.52. The van der Waals surface area contributed by atoms with Gasteiger partial charge in [0, 0.05) is 0 Å². The van der Waals surface area contributed by atoms with E-state index in [0.29, 0.717) is 18.7 Å². The van der Waals surface area contributed by atoms with Crippen molar-refractivity contribution >= 4 is 9.84 Å². The molecule has 0 aliphatic rings. The number of methoxy groups -OCH3 is 1. The first kappa shape index (κ1) is 14.0. The highest BCUT2D eigenvalue weighted by Gasteiger charge is 2.18. The molecule has 0 unspecified atom stereocenters. The van der Waals surface area contributed by atoms with E-state index in [2.05, 4.69) is 0 Å². The summed E-state index contributed by atoms with van der Waals surface area (Å²) in [4.78, 5) is 0.273. The fourth-order valence-corrected chi connectivity index (χ4v) is 3.15. The Hall–Kier alpha value is -1.07. The number of ether oxygens (including phenoxy) is 1. The maximum absolute atomic E-state index is 12.1. The Morgan fingerprint density at radius 3 is 2.53 bits per heavy atom. The van der Waals surface area contributed by atoms with Crippen LogP contribution in [0.2, 0.25) is 0 Å². The van der Waals surface area contributed by atoms with Gasteiger partial charge in [-0.3, -0.25) is 0 Å². The molecule has 0 saturated heterocycles. The number of hydrogen-bond acceptors (Lipinski definition) is 4. The molecule has 2 N–H and O–H groups in total. The number of sulfone groups is 1. The third kappa shape index (κ3) is 4.02. The van der Waals surface area contributed by atoms with Gasteiger partial charge in [0.15, 0.2) is 9.84 Å². The van der Waals surface area contributed by atoms with Crippen LogP contribution in [0.25, 0.3) is 0 Å². The minimum absolute atomic E-state index is 0.146. The Morgan fingerprint density at radius 2 is 1.88 bits per heavy atom. The monoisotopic (exact) mass is 257 g/mol. The number of para-hydroxylation sites is 1. The van der Waals surface area contributed by atoms with E-state index in [1.54, 1.807) is 24.3 Å². The van der Waals surface area contributed by atoms with Crippen LogP contribution in [0.4, 0.5) is 0 Å². The van der Waals surface area contributed by atoms with E-state index in [1.165, 1.54) is 7.11 Å². The summed E-state index contributed by atoms with van der Waals surface area (Å²) < 4.78 is 29.2. The highest BCUT2D eigenvalue weighted by Crippen LogP contribution is 2.24. The fraction of sp³-hybridized carbons (Fsp3) is 0.500. The van der Waals surface area contributed by atoms with Crippen LogP contribution in [0, 0.1) is 0 Å². The first-order valence-electron chi connectivity index (χ1n) is 5.67. The highest BCUT2D eigenvalue weighted by atomic mass is 32.2. The van der Waals surface area contributed by atoms with Gasteiger partial charge in [-0.1, -0.05) is 18.6 Å². The third-order valence-corrected chi connectivity index (χ3v) is 4.35. The molecule has 1 aromatic carbocycles. The Bertz CT molecular complexity index is 443. The molecule has 96 valence electrons. The molecular weight excluding hydrogens is 238 g/mol. The first-order valence-corrected chi connectivity index (χ1v) is 7.33. The van der Waals surface area contributed by atoms with E-state index < -0.39 is 9.84 Å². The standard InChI is InChI=1S/C12H19NO3S/c1-16-11-7-3-4-8-12(11)17(14,15)10-6-2-5-9-13/h3-4,7-8H,2,5-6,9-10,13H2,1H3. The zero-order valence-corrected chi connectivity index (χ0v) is 10.9. The Balaban J connectivity index is 2.75. The topological polar surface area (TPSA) is 69.4 Å². The molecular formula is C12H19NO3S. The van der Waals surface area contributed by atoms with Crippen molar-refractivity contribution in [3.05, 3.63) is 24.3 Å². The van der Waals surface area contributed by atoms with Gasteiger partial charge in [0.2, 0.25) is 0 Å². The average Bonchev–Trinajstić information content (AvgIpc) is 2.34. The second-order valence-electron chi connectivity index (χ2n) is 3.82. The lowest BCUT2D eigenvalue weighted by Gasteiger charge is -2.08. The number of rotatable bonds is 7. The maximum Gasteiger partial charge on any atom is 0.182 e. The lowest BCUT2D eigenvalue weighted by atomic mass is 10.2. The van der Waals surface area contributed by atoms with Crippen molar-refractivity contribution in [1.29, 1.82) is 0 Å². The molecule has 0 heterocycles. The summed E-state index contributed by atoms with van der Waals surface area (Å²) in [5, 5.41) is 0. The molecule has 0 bridgehead atoms. The summed E-state index contributed by atoms with van der Waals surface area (Å²) >= 11 is 0. The van der Waals surface area contributed by atoms with Crippen LogP contribution in [0.15, 0.2) is 29.2 Å². The van der Waals surface area contributed by atoms with E-state index in [1.807, 2.05) is 0 Å².